The molecule has 0 aromatic carbocycles. The van der Waals surface area contributed by atoms with Crippen LogP contribution in [0.25, 0.3) is 0 Å². The first-order valence-corrected chi connectivity index (χ1v) is 10.2. The lowest BCUT2D eigenvalue weighted by Gasteiger charge is -2.22. The second-order valence-corrected chi connectivity index (χ2v) is 8.23. The van der Waals surface area contributed by atoms with Gasteiger partial charge in [-0.1, -0.05) is 0 Å². The highest BCUT2D eigenvalue weighted by Crippen LogP contribution is 2.40. The lowest BCUT2D eigenvalue weighted by atomic mass is 10.0. The van der Waals surface area contributed by atoms with Gasteiger partial charge in [0.25, 0.3) is 5.91 Å². The molecule has 1 amide bonds. The Labute approximate surface area is 159 Å². The normalized spacial score (nSPS) is 23.0. The minimum absolute atomic E-state index is 0.101. The molecule has 0 unspecified atom stereocenters. The molecular weight excluding hydrogens is 342 g/mol. The summed E-state index contributed by atoms with van der Waals surface area (Å²) in [6, 6.07) is 3.83. The van der Waals surface area contributed by atoms with Gasteiger partial charge in [-0.25, -0.2) is 4.98 Å². The summed E-state index contributed by atoms with van der Waals surface area (Å²) >= 11 is 0. The van der Waals surface area contributed by atoms with Crippen LogP contribution in [0, 0.1) is 5.92 Å². The van der Waals surface area contributed by atoms with Crippen molar-refractivity contribution in [2.24, 2.45) is 5.92 Å². The van der Waals surface area contributed by atoms with Crippen LogP contribution < -0.4 is 10.1 Å². The summed E-state index contributed by atoms with van der Waals surface area (Å²) < 4.78 is 11.5. The Bertz CT molecular complexity index is 750. The van der Waals surface area contributed by atoms with Gasteiger partial charge >= 0.3 is 0 Å². The van der Waals surface area contributed by atoms with Crippen LogP contribution in [-0.4, -0.2) is 61.8 Å². The van der Waals surface area contributed by atoms with E-state index in [9.17, 15) is 4.79 Å². The minimum atomic E-state index is 0.101. The summed E-state index contributed by atoms with van der Waals surface area (Å²) in [7, 11) is 0. The van der Waals surface area contributed by atoms with Gasteiger partial charge in [-0.05, 0) is 48.8 Å². The molecule has 27 heavy (non-hydrogen) atoms. The van der Waals surface area contributed by atoms with E-state index < -0.39 is 0 Å². The topological polar surface area (TPSA) is 63.7 Å². The number of ether oxygens (including phenoxy) is 2. The first-order chi connectivity index (χ1) is 13.3. The molecule has 4 heterocycles. The number of hydrogen-bond acceptors (Lipinski definition) is 5. The molecule has 6 heteroatoms. The number of carbonyl (C=O) groups is 1. The van der Waals surface area contributed by atoms with Crippen molar-refractivity contribution in [1.82, 2.24) is 15.2 Å². The van der Waals surface area contributed by atoms with Crippen LogP contribution in [0.4, 0.5) is 0 Å². The fourth-order valence-corrected chi connectivity index (χ4v) is 4.22. The van der Waals surface area contributed by atoms with E-state index in [4.69, 9.17) is 14.5 Å². The zero-order valence-electron chi connectivity index (χ0n) is 15.7. The lowest BCUT2D eigenvalue weighted by molar-refractivity contribution is 0.0490. The van der Waals surface area contributed by atoms with Crippen molar-refractivity contribution in [3.63, 3.8) is 0 Å². The fourth-order valence-electron chi connectivity index (χ4n) is 4.22. The van der Waals surface area contributed by atoms with E-state index >= 15 is 0 Å². The number of rotatable bonds is 5. The van der Waals surface area contributed by atoms with Crippen molar-refractivity contribution in [3.8, 4) is 5.88 Å². The van der Waals surface area contributed by atoms with Gasteiger partial charge in [0, 0.05) is 62.6 Å². The van der Waals surface area contributed by atoms with Gasteiger partial charge in [-0.3, -0.25) is 4.79 Å². The number of amides is 1. The molecule has 2 fully saturated rings. The maximum Gasteiger partial charge on any atom is 0.254 e. The highest BCUT2D eigenvalue weighted by molar-refractivity contribution is 5.95. The Kier molecular flexibility index (Phi) is 4.61. The van der Waals surface area contributed by atoms with Crippen LogP contribution in [-0.2, 0) is 4.74 Å². The zero-order chi connectivity index (χ0) is 18.2. The predicted molar refractivity (Wildman–Crippen MR) is 101 cm³/mol. The van der Waals surface area contributed by atoms with E-state index in [-0.39, 0.29) is 5.91 Å². The number of nitrogens with zero attached hydrogens (tertiary/aromatic N) is 2. The zero-order valence-corrected chi connectivity index (χ0v) is 15.7. The van der Waals surface area contributed by atoms with E-state index in [2.05, 4.69) is 5.32 Å². The van der Waals surface area contributed by atoms with Gasteiger partial charge in [0.05, 0.1) is 6.61 Å². The molecule has 144 valence electrons. The highest BCUT2D eigenvalue weighted by atomic mass is 16.5. The third-order valence-corrected chi connectivity index (χ3v) is 6.10. The quantitative estimate of drug-likeness (QED) is 0.806. The van der Waals surface area contributed by atoms with Gasteiger partial charge < -0.3 is 19.7 Å². The molecule has 1 N–H and O–H groups in total. The lowest BCUT2D eigenvalue weighted by Crippen LogP contribution is -2.32. The highest BCUT2D eigenvalue weighted by Gasteiger charge is 2.31. The maximum atomic E-state index is 13.1. The Morgan fingerprint density at radius 3 is 2.59 bits per heavy atom. The van der Waals surface area contributed by atoms with Crippen LogP contribution in [0.2, 0.25) is 0 Å². The second kappa shape index (κ2) is 7.24. The summed E-state index contributed by atoms with van der Waals surface area (Å²) in [4.78, 5) is 19.8. The van der Waals surface area contributed by atoms with E-state index in [1.165, 1.54) is 11.1 Å². The average Bonchev–Trinajstić information content (AvgIpc) is 3.34. The molecule has 4 aliphatic rings. The third kappa shape index (κ3) is 3.73. The largest absolute Gasteiger partial charge is 0.477 e. The molecule has 1 aliphatic carbocycles. The summed E-state index contributed by atoms with van der Waals surface area (Å²) in [5.74, 6) is 1.72. The molecule has 6 nitrogen and oxygen atoms in total. The van der Waals surface area contributed by atoms with Crippen molar-refractivity contribution in [1.29, 1.82) is 0 Å². The molecule has 0 radical (unpaired) electrons. The molecule has 0 spiro atoms. The Morgan fingerprint density at radius 2 is 1.89 bits per heavy atom. The van der Waals surface area contributed by atoms with Crippen LogP contribution in [0.15, 0.2) is 23.3 Å². The molecular formula is C21H27N3O3. The number of pyridine rings is 1. The van der Waals surface area contributed by atoms with Gasteiger partial charge in [-0.15, -0.1) is 0 Å². The van der Waals surface area contributed by atoms with Crippen LogP contribution in [0.1, 0.15) is 47.7 Å². The minimum Gasteiger partial charge on any atom is -0.477 e. The monoisotopic (exact) mass is 369 g/mol. The summed E-state index contributed by atoms with van der Waals surface area (Å²) in [6.45, 7) is 5.62. The fraction of sp³-hybridized carbons (Fsp3) is 0.619. The number of carbonyl (C=O) groups excluding carboxylic acids is 1. The van der Waals surface area contributed by atoms with E-state index in [1.54, 1.807) is 0 Å². The van der Waals surface area contributed by atoms with Crippen molar-refractivity contribution in [2.45, 2.75) is 31.6 Å². The SMILES string of the molecule is O=C(c1cc(OCC2CCOCC2)nc(C2CC2)c1)N1CC2=C(CNC2)C1. The third-order valence-electron chi connectivity index (χ3n) is 6.10. The first kappa shape index (κ1) is 17.2. The Morgan fingerprint density at radius 1 is 1.15 bits per heavy atom. The van der Waals surface area contributed by atoms with E-state index in [0.29, 0.717) is 24.3 Å². The van der Waals surface area contributed by atoms with Crippen LogP contribution in [0.5, 0.6) is 5.88 Å². The first-order valence-electron chi connectivity index (χ1n) is 10.2. The molecule has 3 aliphatic heterocycles. The maximum absolute atomic E-state index is 13.1. The molecule has 1 aromatic heterocycles. The van der Waals surface area contributed by atoms with Crippen molar-refractivity contribution in [2.75, 3.05) is 46.0 Å². The van der Waals surface area contributed by atoms with Crippen molar-refractivity contribution in [3.05, 3.63) is 34.5 Å². The van der Waals surface area contributed by atoms with E-state index in [1.807, 2.05) is 17.0 Å². The Balaban J connectivity index is 1.31. The van der Waals surface area contributed by atoms with Crippen molar-refractivity contribution < 1.29 is 14.3 Å². The van der Waals surface area contributed by atoms with Gasteiger partial charge in [0.1, 0.15) is 0 Å². The summed E-state index contributed by atoms with van der Waals surface area (Å²) in [5, 5.41) is 3.36. The van der Waals surface area contributed by atoms with Gasteiger partial charge in [0.2, 0.25) is 5.88 Å². The summed E-state index contributed by atoms with van der Waals surface area (Å²) in [6.07, 6.45) is 4.39. The summed E-state index contributed by atoms with van der Waals surface area (Å²) in [5.41, 5.74) is 4.51. The molecule has 1 saturated carbocycles. The standard InChI is InChI=1S/C21H27N3O3/c25-21(24-11-17-9-22-10-18(17)12-24)16-7-19(15-1-2-15)23-20(8-16)27-13-14-3-5-26-6-4-14/h7-8,14-15,22H,1-6,9-13H2. The Hall–Kier alpha value is -1.92. The smallest absolute Gasteiger partial charge is 0.254 e. The van der Waals surface area contributed by atoms with Gasteiger partial charge in [-0.2, -0.15) is 0 Å². The van der Waals surface area contributed by atoms with Gasteiger partial charge in [0.15, 0.2) is 0 Å². The number of nitrogens with one attached hydrogen (secondary N) is 1. The number of aromatic nitrogens is 1. The van der Waals surface area contributed by atoms with E-state index in [0.717, 1.165) is 76.3 Å². The molecule has 1 saturated heterocycles. The predicted octanol–water partition coefficient (Wildman–Crippen LogP) is 2.12. The average molecular weight is 369 g/mol. The second-order valence-electron chi connectivity index (χ2n) is 8.23. The van der Waals surface area contributed by atoms with Crippen molar-refractivity contribution >= 4 is 5.91 Å². The molecule has 0 atom stereocenters. The molecule has 0 bridgehead atoms. The van der Waals surface area contributed by atoms with Crippen LogP contribution >= 0.6 is 0 Å². The number of hydrogen-bond donors (Lipinski definition) is 1. The molecule has 5 rings (SSSR count). The molecule has 1 aromatic rings. The van der Waals surface area contributed by atoms with Crippen LogP contribution in [0.3, 0.4) is 0 Å².